The lowest BCUT2D eigenvalue weighted by atomic mass is 10.0. The smallest absolute Gasteiger partial charge is 0.226 e. The third kappa shape index (κ3) is 4.12. The zero-order valence-electron chi connectivity index (χ0n) is 16.6. The Labute approximate surface area is 165 Å². The molecule has 2 aliphatic heterocycles. The molecular weight excluding hydrogens is 358 g/mol. The van der Waals surface area contributed by atoms with Crippen molar-refractivity contribution in [2.75, 3.05) is 26.3 Å². The second-order valence-electron chi connectivity index (χ2n) is 8.07. The molecular formula is C20H29N5O3. The van der Waals surface area contributed by atoms with Gasteiger partial charge >= 0.3 is 0 Å². The number of carbonyl (C=O) groups excluding carboxylic acids is 1. The molecule has 152 valence electrons. The second kappa shape index (κ2) is 8.45. The number of amides is 1. The molecule has 0 spiro atoms. The van der Waals surface area contributed by atoms with Gasteiger partial charge in [-0.3, -0.25) is 9.69 Å². The molecule has 1 N–H and O–H groups in total. The van der Waals surface area contributed by atoms with Gasteiger partial charge in [0, 0.05) is 44.8 Å². The quantitative estimate of drug-likeness (QED) is 0.813. The number of nitrogens with one attached hydrogen (secondary N) is 1. The maximum atomic E-state index is 12.7. The molecule has 4 heterocycles. The topological polar surface area (TPSA) is 85.4 Å². The average molecular weight is 387 g/mol. The van der Waals surface area contributed by atoms with Crippen molar-refractivity contribution in [3.05, 3.63) is 35.8 Å². The Morgan fingerprint density at radius 1 is 1.32 bits per heavy atom. The Bertz CT molecular complexity index is 780. The fourth-order valence-electron chi connectivity index (χ4n) is 3.96. The number of hydrogen-bond acceptors (Lipinski definition) is 6. The number of fused-ring (bicyclic) bond motifs is 1. The Morgan fingerprint density at radius 2 is 2.21 bits per heavy atom. The van der Waals surface area contributed by atoms with Crippen LogP contribution in [0.3, 0.4) is 0 Å². The molecule has 0 aromatic carbocycles. The van der Waals surface area contributed by atoms with E-state index in [4.69, 9.17) is 9.15 Å². The lowest BCUT2D eigenvalue weighted by Crippen LogP contribution is -2.38. The van der Waals surface area contributed by atoms with Crippen LogP contribution in [-0.4, -0.2) is 51.9 Å². The number of aromatic nitrogens is 3. The number of nitrogens with zero attached hydrogens (tertiary/aromatic N) is 4. The number of rotatable bonds is 6. The highest BCUT2D eigenvalue weighted by molar-refractivity contribution is 5.79. The molecule has 1 amide bonds. The van der Waals surface area contributed by atoms with E-state index in [9.17, 15) is 4.79 Å². The summed E-state index contributed by atoms with van der Waals surface area (Å²) in [7, 11) is 0. The first kappa shape index (κ1) is 19.1. The predicted molar refractivity (Wildman–Crippen MR) is 102 cm³/mol. The SMILES string of the molecule is CC(C)[C@H](NC(=O)[C@@H]1CCOC1)c1nnc2n1CCN(Cc1ccoc1)CC2. The molecule has 4 rings (SSSR count). The highest BCUT2D eigenvalue weighted by Crippen LogP contribution is 2.24. The minimum atomic E-state index is -0.144. The number of carbonyl (C=O) groups is 1. The molecule has 0 saturated carbocycles. The van der Waals surface area contributed by atoms with Crippen molar-refractivity contribution < 1.29 is 13.9 Å². The summed E-state index contributed by atoms with van der Waals surface area (Å²) in [4.78, 5) is 15.1. The van der Waals surface area contributed by atoms with Gasteiger partial charge in [0.15, 0.2) is 5.82 Å². The summed E-state index contributed by atoms with van der Waals surface area (Å²) in [6.45, 7) is 8.94. The van der Waals surface area contributed by atoms with Gasteiger partial charge in [-0.2, -0.15) is 0 Å². The molecule has 0 aliphatic carbocycles. The summed E-state index contributed by atoms with van der Waals surface area (Å²) in [6, 6.07) is 1.86. The molecule has 2 aliphatic rings. The Morgan fingerprint density at radius 3 is 2.93 bits per heavy atom. The zero-order valence-corrected chi connectivity index (χ0v) is 16.6. The molecule has 0 bridgehead atoms. The minimum Gasteiger partial charge on any atom is -0.472 e. The molecule has 28 heavy (non-hydrogen) atoms. The van der Waals surface area contributed by atoms with Crippen LogP contribution in [0.4, 0.5) is 0 Å². The van der Waals surface area contributed by atoms with Gasteiger partial charge in [0.05, 0.1) is 31.1 Å². The lowest BCUT2D eigenvalue weighted by molar-refractivity contribution is -0.126. The summed E-state index contributed by atoms with van der Waals surface area (Å²) in [5.74, 6) is 2.09. The maximum Gasteiger partial charge on any atom is 0.226 e. The number of hydrogen-bond donors (Lipinski definition) is 1. The van der Waals surface area contributed by atoms with Gasteiger partial charge in [-0.05, 0) is 18.4 Å². The van der Waals surface area contributed by atoms with E-state index in [1.165, 1.54) is 5.56 Å². The van der Waals surface area contributed by atoms with E-state index in [-0.39, 0.29) is 23.8 Å². The Kier molecular flexibility index (Phi) is 5.77. The monoisotopic (exact) mass is 387 g/mol. The van der Waals surface area contributed by atoms with Gasteiger partial charge in [-0.1, -0.05) is 13.8 Å². The van der Waals surface area contributed by atoms with Crippen molar-refractivity contribution in [2.24, 2.45) is 11.8 Å². The standard InChI is InChI=1S/C20H29N5O3/c1-14(2)18(21-20(26)16-5-10-28-13-16)19-23-22-17-3-6-24(7-8-25(17)19)11-15-4-9-27-12-15/h4,9,12,14,16,18H,3,5-8,10-11,13H2,1-2H3,(H,21,26)/t16-,18+/m1/s1. The Hall–Kier alpha value is -2.19. The van der Waals surface area contributed by atoms with Gasteiger partial charge < -0.3 is 19.0 Å². The van der Waals surface area contributed by atoms with Crippen LogP contribution in [0.25, 0.3) is 0 Å². The minimum absolute atomic E-state index is 0.0572. The number of ether oxygens (including phenoxy) is 1. The van der Waals surface area contributed by atoms with E-state index in [2.05, 4.69) is 38.8 Å². The molecule has 1 saturated heterocycles. The first-order valence-corrected chi connectivity index (χ1v) is 10.2. The lowest BCUT2D eigenvalue weighted by Gasteiger charge is -2.24. The first-order valence-electron chi connectivity index (χ1n) is 10.2. The summed E-state index contributed by atoms with van der Waals surface area (Å²) < 4.78 is 12.8. The van der Waals surface area contributed by atoms with Gasteiger partial charge in [-0.25, -0.2) is 0 Å². The molecule has 2 atom stereocenters. The molecule has 1 fully saturated rings. The van der Waals surface area contributed by atoms with Crippen LogP contribution in [0.2, 0.25) is 0 Å². The molecule has 0 radical (unpaired) electrons. The van der Waals surface area contributed by atoms with Crippen molar-refractivity contribution in [1.29, 1.82) is 0 Å². The largest absolute Gasteiger partial charge is 0.472 e. The van der Waals surface area contributed by atoms with Crippen molar-refractivity contribution >= 4 is 5.91 Å². The van der Waals surface area contributed by atoms with Gasteiger partial charge in [-0.15, -0.1) is 10.2 Å². The van der Waals surface area contributed by atoms with Crippen molar-refractivity contribution in [3.8, 4) is 0 Å². The van der Waals surface area contributed by atoms with Crippen LogP contribution in [0, 0.1) is 11.8 Å². The third-order valence-electron chi connectivity index (χ3n) is 5.68. The van der Waals surface area contributed by atoms with Crippen molar-refractivity contribution in [3.63, 3.8) is 0 Å². The van der Waals surface area contributed by atoms with Crippen molar-refractivity contribution in [2.45, 2.75) is 45.8 Å². The summed E-state index contributed by atoms with van der Waals surface area (Å²) >= 11 is 0. The third-order valence-corrected chi connectivity index (χ3v) is 5.68. The number of furan rings is 1. The van der Waals surface area contributed by atoms with Crippen LogP contribution in [-0.2, 0) is 29.0 Å². The highest BCUT2D eigenvalue weighted by atomic mass is 16.5. The maximum absolute atomic E-state index is 12.7. The van der Waals surface area contributed by atoms with E-state index in [0.29, 0.717) is 13.2 Å². The highest BCUT2D eigenvalue weighted by Gasteiger charge is 2.31. The van der Waals surface area contributed by atoms with Crippen LogP contribution in [0.1, 0.15) is 43.5 Å². The first-order chi connectivity index (χ1) is 13.6. The van der Waals surface area contributed by atoms with Gasteiger partial charge in [0.2, 0.25) is 5.91 Å². The van der Waals surface area contributed by atoms with Crippen LogP contribution in [0.15, 0.2) is 23.0 Å². The fourth-order valence-corrected chi connectivity index (χ4v) is 3.96. The predicted octanol–water partition coefficient (Wildman–Crippen LogP) is 1.78. The van der Waals surface area contributed by atoms with E-state index in [1.807, 2.05) is 6.07 Å². The Balaban J connectivity index is 1.46. The zero-order chi connectivity index (χ0) is 19.5. The summed E-state index contributed by atoms with van der Waals surface area (Å²) in [6.07, 6.45) is 5.15. The van der Waals surface area contributed by atoms with E-state index < -0.39 is 0 Å². The molecule has 8 heteroatoms. The normalized spacial score (nSPS) is 21.5. The molecule has 2 aromatic heterocycles. The summed E-state index contributed by atoms with van der Waals surface area (Å²) in [5.41, 5.74) is 1.18. The second-order valence-corrected chi connectivity index (χ2v) is 8.07. The van der Waals surface area contributed by atoms with E-state index in [1.54, 1.807) is 12.5 Å². The fraction of sp³-hybridized carbons (Fsp3) is 0.650. The van der Waals surface area contributed by atoms with Crippen LogP contribution in [0.5, 0.6) is 0 Å². The van der Waals surface area contributed by atoms with Crippen LogP contribution >= 0.6 is 0 Å². The molecule has 0 unspecified atom stereocenters. The van der Waals surface area contributed by atoms with E-state index >= 15 is 0 Å². The van der Waals surface area contributed by atoms with E-state index in [0.717, 1.165) is 50.7 Å². The van der Waals surface area contributed by atoms with Crippen LogP contribution < -0.4 is 5.32 Å². The molecule has 8 nitrogen and oxygen atoms in total. The average Bonchev–Trinajstić information content (AvgIpc) is 3.42. The molecule has 2 aromatic rings. The summed E-state index contributed by atoms with van der Waals surface area (Å²) in [5, 5.41) is 12.1. The van der Waals surface area contributed by atoms with Crippen molar-refractivity contribution in [1.82, 2.24) is 25.0 Å². The van der Waals surface area contributed by atoms with Gasteiger partial charge in [0.1, 0.15) is 5.82 Å². The van der Waals surface area contributed by atoms with Gasteiger partial charge in [0.25, 0.3) is 0 Å².